The van der Waals surface area contributed by atoms with E-state index >= 15 is 0 Å². The van der Waals surface area contributed by atoms with Crippen LogP contribution in [0.5, 0.6) is 6.01 Å². The number of halogens is 1. The Kier molecular flexibility index (Phi) is 7.81. The number of piperazine rings is 1. The Morgan fingerprint density at radius 3 is 2.66 bits per heavy atom. The molecule has 3 aliphatic heterocycles. The number of anilines is 2. The molecule has 1 saturated carbocycles. The molecule has 1 aliphatic carbocycles. The fraction of sp³-hybridized carbons (Fsp3) is 0.471. The smallest absolute Gasteiger partial charge is 0.318 e. The molecule has 228 valence electrons. The van der Waals surface area contributed by atoms with Gasteiger partial charge in [-0.3, -0.25) is 4.79 Å². The van der Waals surface area contributed by atoms with Crippen molar-refractivity contribution in [2.45, 2.75) is 44.7 Å². The molecule has 1 amide bonds. The second kappa shape index (κ2) is 11.9. The van der Waals surface area contributed by atoms with Crippen LogP contribution in [0.2, 0.25) is 5.02 Å². The van der Waals surface area contributed by atoms with Crippen LogP contribution in [0, 0.1) is 16.7 Å². The van der Waals surface area contributed by atoms with Crippen LogP contribution in [0.4, 0.5) is 11.5 Å². The van der Waals surface area contributed by atoms with Gasteiger partial charge in [-0.25, -0.2) is 0 Å². The van der Waals surface area contributed by atoms with Crippen LogP contribution in [0.1, 0.15) is 36.9 Å². The SMILES string of the molecule is C=CC(=O)N1CCN(c2nc(OCC3(CN4CCC4)CC3)nc3c2CCN(c2cccc4cccc(Cl)c24)C3)CC1CC#N. The number of rotatable bonds is 9. The molecule has 0 spiro atoms. The molecule has 3 fully saturated rings. The van der Waals surface area contributed by atoms with Gasteiger partial charge in [0, 0.05) is 54.8 Å². The Morgan fingerprint density at radius 1 is 1.11 bits per heavy atom. The zero-order valence-electron chi connectivity index (χ0n) is 25.1. The molecule has 1 atom stereocenters. The number of nitrogens with zero attached hydrogens (tertiary/aromatic N) is 7. The summed E-state index contributed by atoms with van der Waals surface area (Å²) in [6.45, 7) is 10.8. The lowest BCUT2D eigenvalue weighted by Gasteiger charge is -2.42. The Morgan fingerprint density at radius 2 is 1.93 bits per heavy atom. The molecule has 4 aliphatic rings. The summed E-state index contributed by atoms with van der Waals surface area (Å²) < 4.78 is 6.44. The zero-order valence-corrected chi connectivity index (χ0v) is 25.8. The highest BCUT2D eigenvalue weighted by Gasteiger charge is 2.46. The second-order valence-electron chi connectivity index (χ2n) is 12.7. The van der Waals surface area contributed by atoms with Gasteiger partial charge < -0.3 is 24.3 Å². The number of benzene rings is 2. The van der Waals surface area contributed by atoms with Crippen molar-refractivity contribution in [3.8, 4) is 12.1 Å². The molecule has 0 radical (unpaired) electrons. The molecule has 0 N–H and O–H groups in total. The zero-order chi connectivity index (χ0) is 30.3. The molecule has 0 bridgehead atoms. The van der Waals surface area contributed by atoms with Crippen molar-refractivity contribution in [3.63, 3.8) is 0 Å². The summed E-state index contributed by atoms with van der Waals surface area (Å²) in [5.74, 6) is 0.724. The molecule has 1 unspecified atom stereocenters. The minimum Gasteiger partial charge on any atom is -0.463 e. The van der Waals surface area contributed by atoms with Crippen molar-refractivity contribution in [1.82, 2.24) is 19.8 Å². The van der Waals surface area contributed by atoms with Gasteiger partial charge in [-0.15, -0.1) is 0 Å². The summed E-state index contributed by atoms with van der Waals surface area (Å²) in [7, 11) is 0. The van der Waals surface area contributed by atoms with Crippen LogP contribution in [0.25, 0.3) is 10.8 Å². The fourth-order valence-electron chi connectivity index (χ4n) is 6.95. The maximum Gasteiger partial charge on any atom is 0.318 e. The maximum atomic E-state index is 12.6. The number of carbonyl (C=O) groups is 1. The van der Waals surface area contributed by atoms with E-state index < -0.39 is 0 Å². The van der Waals surface area contributed by atoms with Gasteiger partial charge in [0.2, 0.25) is 5.91 Å². The van der Waals surface area contributed by atoms with Gasteiger partial charge in [-0.05, 0) is 62.4 Å². The van der Waals surface area contributed by atoms with Crippen molar-refractivity contribution in [2.75, 3.05) is 62.2 Å². The van der Waals surface area contributed by atoms with E-state index in [0.29, 0.717) is 38.8 Å². The molecule has 1 aromatic heterocycles. The topological polar surface area (TPSA) is 88.8 Å². The third-order valence-corrected chi connectivity index (χ3v) is 10.0. The molecule has 4 heterocycles. The first-order valence-corrected chi connectivity index (χ1v) is 16.1. The largest absolute Gasteiger partial charge is 0.463 e. The van der Waals surface area contributed by atoms with E-state index in [-0.39, 0.29) is 23.8 Å². The maximum absolute atomic E-state index is 12.6. The lowest BCUT2D eigenvalue weighted by atomic mass is 10.0. The number of ether oxygens (including phenoxy) is 1. The standard InChI is InChI=1S/C34H38ClN7O2/c1-2-30(43)42-19-18-41(20-25(42)10-14-36)32-26-11-17-40(29-9-4-7-24-6-3-8-27(35)31(24)29)21-28(26)37-33(38-32)44-23-34(12-13-34)22-39-15-5-16-39/h2-4,6-9,25H,1,5,10-13,15-23H2. The summed E-state index contributed by atoms with van der Waals surface area (Å²) in [5, 5.41) is 12.5. The molecular weight excluding hydrogens is 574 g/mol. The summed E-state index contributed by atoms with van der Waals surface area (Å²) in [6.07, 6.45) is 5.98. The van der Waals surface area contributed by atoms with Gasteiger partial charge in [0.25, 0.3) is 0 Å². The van der Waals surface area contributed by atoms with E-state index in [2.05, 4.69) is 51.6 Å². The van der Waals surface area contributed by atoms with Crippen LogP contribution in [-0.2, 0) is 17.8 Å². The Bertz CT molecular complexity index is 1620. The average Bonchev–Trinajstić information content (AvgIpc) is 3.80. The van der Waals surface area contributed by atoms with Crippen LogP contribution in [0.15, 0.2) is 49.1 Å². The summed E-state index contributed by atoms with van der Waals surface area (Å²) in [6, 6.07) is 14.8. The van der Waals surface area contributed by atoms with Crippen molar-refractivity contribution >= 4 is 39.8 Å². The van der Waals surface area contributed by atoms with E-state index in [9.17, 15) is 10.1 Å². The van der Waals surface area contributed by atoms with Crippen LogP contribution >= 0.6 is 11.6 Å². The fourth-order valence-corrected chi connectivity index (χ4v) is 7.23. The molecule has 2 saturated heterocycles. The van der Waals surface area contributed by atoms with Crippen LogP contribution in [0.3, 0.4) is 0 Å². The molecule has 10 heteroatoms. The molecule has 2 aromatic carbocycles. The normalized spacial score (nSPS) is 20.9. The van der Waals surface area contributed by atoms with Crippen LogP contribution in [-0.4, -0.2) is 84.1 Å². The average molecular weight is 612 g/mol. The highest BCUT2D eigenvalue weighted by atomic mass is 35.5. The van der Waals surface area contributed by atoms with E-state index in [1.807, 2.05) is 12.1 Å². The quantitative estimate of drug-likeness (QED) is 0.318. The van der Waals surface area contributed by atoms with Gasteiger partial charge in [0.1, 0.15) is 5.82 Å². The Labute approximate surface area is 263 Å². The summed E-state index contributed by atoms with van der Waals surface area (Å²) in [5.41, 5.74) is 3.36. The van der Waals surface area contributed by atoms with Gasteiger partial charge in [-0.2, -0.15) is 15.2 Å². The monoisotopic (exact) mass is 611 g/mol. The van der Waals surface area contributed by atoms with Gasteiger partial charge >= 0.3 is 6.01 Å². The van der Waals surface area contributed by atoms with Crippen LogP contribution < -0.4 is 14.5 Å². The highest BCUT2D eigenvalue weighted by molar-refractivity contribution is 6.36. The van der Waals surface area contributed by atoms with Crippen molar-refractivity contribution in [2.24, 2.45) is 5.41 Å². The minimum atomic E-state index is -0.238. The van der Waals surface area contributed by atoms with E-state index in [1.54, 1.807) is 4.90 Å². The first-order chi connectivity index (χ1) is 21.5. The van der Waals surface area contributed by atoms with E-state index in [1.165, 1.54) is 38.4 Å². The molecule has 7 rings (SSSR count). The number of hydrogen-bond acceptors (Lipinski definition) is 8. The molecule has 44 heavy (non-hydrogen) atoms. The number of aromatic nitrogens is 2. The number of carbonyl (C=O) groups excluding carboxylic acids is 1. The van der Waals surface area contributed by atoms with Gasteiger partial charge in [-0.1, -0.05) is 42.4 Å². The molecule has 3 aromatic rings. The van der Waals surface area contributed by atoms with E-state index in [4.69, 9.17) is 26.3 Å². The lowest BCUT2D eigenvalue weighted by molar-refractivity contribution is -0.128. The third-order valence-electron chi connectivity index (χ3n) is 9.73. The third kappa shape index (κ3) is 5.57. The van der Waals surface area contributed by atoms with Gasteiger partial charge in [0.05, 0.1) is 42.4 Å². The predicted molar refractivity (Wildman–Crippen MR) is 172 cm³/mol. The molecule has 9 nitrogen and oxygen atoms in total. The van der Waals surface area contributed by atoms with Crippen molar-refractivity contribution in [1.29, 1.82) is 5.26 Å². The first-order valence-electron chi connectivity index (χ1n) is 15.7. The number of amides is 1. The lowest BCUT2D eigenvalue weighted by Crippen LogP contribution is -2.55. The Balaban J connectivity index is 1.20. The summed E-state index contributed by atoms with van der Waals surface area (Å²) in [4.78, 5) is 31.5. The number of nitriles is 1. The van der Waals surface area contributed by atoms with Gasteiger partial charge in [0.15, 0.2) is 0 Å². The minimum absolute atomic E-state index is 0.139. The predicted octanol–water partition coefficient (Wildman–Crippen LogP) is 4.83. The van der Waals surface area contributed by atoms with E-state index in [0.717, 1.165) is 58.1 Å². The summed E-state index contributed by atoms with van der Waals surface area (Å²) >= 11 is 6.72. The number of hydrogen-bond donors (Lipinski definition) is 0. The number of likely N-dealkylation sites (tertiary alicyclic amines) is 1. The number of fused-ring (bicyclic) bond motifs is 2. The molecular formula is C34H38ClN7O2. The Hall–Kier alpha value is -3.87. The van der Waals surface area contributed by atoms with Crippen molar-refractivity contribution < 1.29 is 9.53 Å². The van der Waals surface area contributed by atoms with Crippen molar-refractivity contribution in [3.05, 3.63) is 65.3 Å². The second-order valence-corrected chi connectivity index (χ2v) is 13.1. The first kappa shape index (κ1) is 28.9. The highest BCUT2D eigenvalue weighted by Crippen LogP contribution is 2.47.